The highest BCUT2D eigenvalue weighted by Gasteiger charge is 2.34. The van der Waals surface area contributed by atoms with Gasteiger partial charge in [0.2, 0.25) is 5.91 Å². The standard InChI is InChI=1S/C26H26BrClN2O3S/c1-33-15-2-13-29(26(32)19-3-7-20(27)8-4-19)17-24(31)30-14-11-23-22(12-16-34-23)25(30)18-5-9-21(28)10-6-18/h3-10,12,16,25H,2,11,13-15,17H2,1H3. The molecule has 3 aromatic rings. The summed E-state index contributed by atoms with van der Waals surface area (Å²) in [6, 6.07) is 16.8. The molecule has 2 amide bonds. The van der Waals surface area contributed by atoms with Crippen molar-refractivity contribution in [3.63, 3.8) is 0 Å². The fourth-order valence-electron chi connectivity index (χ4n) is 4.27. The molecule has 0 radical (unpaired) electrons. The second-order valence-electron chi connectivity index (χ2n) is 8.17. The van der Waals surface area contributed by atoms with Crippen LogP contribution < -0.4 is 0 Å². The van der Waals surface area contributed by atoms with Crippen molar-refractivity contribution in [2.24, 2.45) is 0 Å². The molecule has 4 rings (SSSR count). The summed E-state index contributed by atoms with van der Waals surface area (Å²) in [6.45, 7) is 1.59. The Kier molecular flexibility index (Phi) is 8.42. The number of carbonyl (C=O) groups excluding carboxylic acids is 2. The summed E-state index contributed by atoms with van der Waals surface area (Å²) in [6.07, 6.45) is 1.47. The Morgan fingerprint density at radius 2 is 1.88 bits per heavy atom. The maximum atomic E-state index is 13.7. The quantitative estimate of drug-likeness (QED) is 0.326. The van der Waals surface area contributed by atoms with Crippen molar-refractivity contribution in [1.29, 1.82) is 0 Å². The fourth-order valence-corrected chi connectivity index (χ4v) is 5.57. The first-order chi connectivity index (χ1) is 16.5. The predicted molar refractivity (Wildman–Crippen MR) is 140 cm³/mol. The molecule has 0 saturated carbocycles. The Morgan fingerprint density at radius 3 is 2.59 bits per heavy atom. The van der Waals surface area contributed by atoms with E-state index in [-0.39, 0.29) is 24.4 Å². The minimum Gasteiger partial charge on any atom is -0.385 e. The number of benzene rings is 2. The molecule has 1 aliphatic rings. The molecule has 0 fully saturated rings. The second-order valence-corrected chi connectivity index (χ2v) is 10.5. The summed E-state index contributed by atoms with van der Waals surface area (Å²) in [7, 11) is 1.63. The molecule has 8 heteroatoms. The van der Waals surface area contributed by atoms with Gasteiger partial charge in [0.1, 0.15) is 6.54 Å². The molecule has 0 N–H and O–H groups in total. The highest BCUT2D eigenvalue weighted by Crippen LogP contribution is 2.38. The van der Waals surface area contributed by atoms with Gasteiger partial charge >= 0.3 is 0 Å². The van der Waals surface area contributed by atoms with Gasteiger partial charge < -0.3 is 14.5 Å². The maximum absolute atomic E-state index is 13.7. The average molecular weight is 562 g/mol. The van der Waals surface area contributed by atoms with E-state index in [4.69, 9.17) is 16.3 Å². The number of halogens is 2. The first-order valence-corrected chi connectivity index (χ1v) is 13.2. The lowest BCUT2D eigenvalue weighted by Gasteiger charge is -2.37. The third-order valence-electron chi connectivity index (χ3n) is 5.95. The number of nitrogens with zero attached hydrogens (tertiary/aromatic N) is 2. The van der Waals surface area contributed by atoms with Crippen LogP contribution in [0.25, 0.3) is 0 Å². The summed E-state index contributed by atoms with van der Waals surface area (Å²) in [5.41, 5.74) is 2.72. The Morgan fingerprint density at radius 1 is 1.15 bits per heavy atom. The van der Waals surface area contributed by atoms with E-state index in [0.29, 0.717) is 36.7 Å². The molecule has 34 heavy (non-hydrogen) atoms. The Balaban J connectivity index is 1.59. The van der Waals surface area contributed by atoms with Crippen molar-refractivity contribution < 1.29 is 14.3 Å². The maximum Gasteiger partial charge on any atom is 0.254 e. The zero-order valence-corrected chi connectivity index (χ0v) is 22.0. The van der Waals surface area contributed by atoms with Gasteiger partial charge in [0, 0.05) is 46.7 Å². The van der Waals surface area contributed by atoms with E-state index in [1.807, 2.05) is 41.3 Å². The van der Waals surface area contributed by atoms with Crippen molar-refractivity contribution in [1.82, 2.24) is 9.80 Å². The summed E-state index contributed by atoms with van der Waals surface area (Å²) in [5, 5.41) is 2.74. The van der Waals surface area contributed by atoms with Crippen LogP contribution in [0.1, 0.15) is 38.8 Å². The van der Waals surface area contributed by atoms with Crippen molar-refractivity contribution >= 4 is 50.7 Å². The molecule has 1 aromatic heterocycles. The molecule has 0 aliphatic carbocycles. The Bertz CT molecular complexity index is 1130. The normalized spacial score (nSPS) is 15.1. The number of carbonyl (C=O) groups is 2. The molecular formula is C26H26BrClN2O3S. The third kappa shape index (κ3) is 5.71. The van der Waals surface area contributed by atoms with Crippen LogP contribution in [0.2, 0.25) is 5.02 Å². The van der Waals surface area contributed by atoms with E-state index in [2.05, 4.69) is 27.4 Å². The summed E-state index contributed by atoms with van der Waals surface area (Å²) < 4.78 is 6.08. The molecular weight excluding hydrogens is 536 g/mol. The number of hydrogen-bond acceptors (Lipinski definition) is 4. The van der Waals surface area contributed by atoms with Crippen LogP contribution in [0.15, 0.2) is 64.5 Å². The smallest absolute Gasteiger partial charge is 0.254 e. The zero-order valence-electron chi connectivity index (χ0n) is 18.9. The number of amides is 2. The van der Waals surface area contributed by atoms with Gasteiger partial charge in [-0.2, -0.15) is 0 Å². The molecule has 1 unspecified atom stereocenters. The SMILES string of the molecule is COCCCN(CC(=O)N1CCc2sccc2C1c1ccc(Cl)cc1)C(=O)c1ccc(Br)cc1. The van der Waals surface area contributed by atoms with Crippen molar-refractivity contribution in [3.05, 3.63) is 91.0 Å². The minimum absolute atomic E-state index is 0.0160. The van der Waals surface area contributed by atoms with Gasteiger partial charge in [-0.15, -0.1) is 11.3 Å². The van der Waals surface area contributed by atoms with Gasteiger partial charge in [0.15, 0.2) is 0 Å². The average Bonchev–Trinajstić information content (AvgIpc) is 3.32. The van der Waals surface area contributed by atoms with Crippen LogP contribution in [0.5, 0.6) is 0 Å². The first-order valence-electron chi connectivity index (χ1n) is 11.1. The highest BCUT2D eigenvalue weighted by atomic mass is 79.9. The second kappa shape index (κ2) is 11.5. The molecule has 1 aliphatic heterocycles. The van der Waals surface area contributed by atoms with Crippen LogP contribution in [-0.4, -0.2) is 55.0 Å². The van der Waals surface area contributed by atoms with Gasteiger partial charge in [-0.05, 0) is 71.8 Å². The molecule has 5 nitrogen and oxygen atoms in total. The predicted octanol–water partition coefficient (Wildman–Crippen LogP) is 5.82. The summed E-state index contributed by atoms with van der Waals surface area (Å²) in [4.78, 5) is 31.8. The Hall–Kier alpha value is -2.19. The summed E-state index contributed by atoms with van der Waals surface area (Å²) in [5.74, 6) is -0.229. The number of methoxy groups -OCH3 is 1. The van der Waals surface area contributed by atoms with E-state index in [9.17, 15) is 9.59 Å². The van der Waals surface area contributed by atoms with Crippen molar-refractivity contribution in [2.45, 2.75) is 18.9 Å². The molecule has 0 spiro atoms. The lowest BCUT2D eigenvalue weighted by molar-refractivity contribution is -0.134. The van der Waals surface area contributed by atoms with E-state index in [1.54, 1.807) is 35.5 Å². The number of ether oxygens (including phenoxy) is 1. The topological polar surface area (TPSA) is 49.9 Å². The third-order valence-corrected chi connectivity index (χ3v) is 7.73. The van der Waals surface area contributed by atoms with Crippen LogP contribution >= 0.6 is 38.9 Å². The largest absolute Gasteiger partial charge is 0.385 e. The van der Waals surface area contributed by atoms with Crippen molar-refractivity contribution in [2.75, 3.05) is 33.4 Å². The van der Waals surface area contributed by atoms with Crippen LogP contribution in [0.4, 0.5) is 0 Å². The van der Waals surface area contributed by atoms with E-state index < -0.39 is 0 Å². The first kappa shape index (κ1) is 24.9. The number of rotatable bonds is 8. The van der Waals surface area contributed by atoms with E-state index in [0.717, 1.165) is 22.0 Å². The van der Waals surface area contributed by atoms with Crippen LogP contribution in [0.3, 0.4) is 0 Å². The van der Waals surface area contributed by atoms with Gasteiger partial charge in [0.25, 0.3) is 5.91 Å². The molecule has 2 aromatic carbocycles. The molecule has 0 bridgehead atoms. The highest BCUT2D eigenvalue weighted by molar-refractivity contribution is 9.10. The lowest BCUT2D eigenvalue weighted by Crippen LogP contribution is -2.47. The molecule has 1 atom stereocenters. The monoisotopic (exact) mass is 560 g/mol. The fraction of sp³-hybridized carbons (Fsp3) is 0.308. The van der Waals surface area contributed by atoms with Crippen molar-refractivity contribution in [3.8, 4) is 0 Å². The Labute approximate surface area is 217 Å². The van der Waals surface area contributed by atoms with Crippen LogP contribution in [0, 0.1) is 0 Å². The zero-order chi connectivity index (χ0) is 24.1. The van der Waals surface area contributed by atoms with Crippen LogP contribution in [-0.2, 0) is 16.0 Å². The number of thiophene rings is 1. The summed E-state index contributed by atoms with van der Waals surface area (Å²) >= 11 is 11.3. The number of hydrogen-bond donors (Lipinski definition) is 0. The van der Waals surface area contributed by atoms with Gasteiger partial charge in [-0.25, -0.2) is 0 Å². The van der Waals surface area contributed by atoms with E-state index >= 15 is 0 Å². The van der Waals surface area contributed by atoms with Gasteiger partial charge in [-0.1, -0.05) is 39.7 Å². The van der Waals surface area contributed by atoms with Gasteiger partial charge in [0.05, 0.1) is 6.04 Å². The number of fused-ring (bicyclic) bond motifs is 1. The van der Waals surface area contributed by atoms with Gasteiger partial charge in [-0.3, -0.25) is 9.59 Å². The van der Waals surface area contributed by atoms with E-state index in [1.165, 1.54) is 4.88 Å². The molecule has 2 heterocycles. The molecule has 0 saturated heterocycles. The minimum atomic E-state index is -0.191. The molecule has 178 valence electrons. The lowest BCUT2D eigenvalue weighted by atomic mass is 9.93.